The van der Waals surface area contributed by atoms with Crippen LogP contribution < -0.4 is 5.73 Å². The lowest BCUT2D eigenvalue weighted by Crippen LogP contribution is -1.92. The summed E-state index contributed by atoms with van der Waals surface area (Å²) < 4.78 is 12.9. The largest absolute Gasteiger partial charge is 0.327 e. The molecule has 0 bridgehead atoms. The molecule has 1 aromatic rings. The van der Waals surface area contributed by atoms with Crippen molar-refractivity contribution < 1.29 is 4.39 Å². The van der Waals surface area contributed by atoms with Crippen LogP contribution >= 0.6 is 0 Å². The second-order valence-corrected chi connectivity index (χ2v) is 2.65. The summed E-state index contributed by atoms with van der Waals surface area (Å²) in [6.45, 7) is 2.22. The van der Waals surface area contributed by atoms with E-state index in [1.165, 1.54) is 6.07 Å². The minimum absolute atomic E-state index is 0.172. The number of rotatable bonds is 2. The molecule has 0 fully saturated rings. The highest BCUT2D eigenvalue weighted by Crippen LogP contribution is 2.09. The summed E-state index contributed by atoms with van der Waals surface area (Å²) in [5.74, 6) is -0.172. The van der Waals surface area contributed by atoms with Crippen LogP contribution in [0.1, 0.15) is 11.1 Å². The number of benzene rings is 1. The Morgan fingerprint density at radius 3 is 2.83 bits per heavy atom. The second-order valence-electron chi connectivity index (χ2n) is 2.65. The highest BCUT2D eigenvalue weighted by Gasteiger charge is 1.95. The van der Waals surface area contributed by atoms with Crippen molar-refractivity contribution in [3.05, 3.63) is 41.2 Å². The average Bonchev–Trinajstić information content (AvgIpc) is 2.07. The summed E-state index contributed by atoms with van der Waals surface area (Å²) in [6, 6.07) is 5.12. The molecule has 0 radical (unpaired) electrons. The number of hydrogen-bond donors (Lipinski definition) is 1. The van der Waals surface area contributed by atoms with Gasteiger partial charge in [-0.25, -0.2) is 4.39 Å². The van der Waals surface area contributed by atoms with Gasteiger partial charge in [-0.3, -0.25) is 0 Å². The van der Waals surface area contributed by atoms with Gasteiger partial charge in [-0.05, 0) is 24.1 Å². The molecule has 0 spiro atoms. The van der Waals surface area contributed by atoms with E-state index >= 15 is 0 Å². The van der Waals surface area contributed by atoms with Crippen LogP contribution in [0.2, 0.25) is 0 Å². The normalized spacial score (nSPS) is 10.9. The zero-order valence-corrected chi connectivity index (χ0v) is 7.05. The van der Waals surface area contributed by atoms with Gasteiger partial charge in [0.05, 0.1) is 0 Å². The number of hydrogen-bond acceptors (Lipinski definition) is 1. The van der Waals surface area contributed by atoms with Crippen molar-refractivity contribution >= 4 is 6.08 Å². The summed E-state index contributed by atoms with van der Waals surface area (Å²) in [5, 5.41) is 0. The van der Waals surface area contributed by atoms with Gasteiger partial charge in [0, 0.05) is 6.54 Å². The fourth-order valence-corrected chi connectivity index (χ4v) is 0.917. The fraction of sp³-hybridized carbons (Fsp3) is 0.200. The van der Waals surface area contributed by atoms with Crippen LogP contribution in [0.15, 0.2) is 24.3 Å². The van der Waals surface area contributed by atoms with Gasteiger partial charge in [0.1, 0.15) is 5.82 Å². The van der Waals surface area contributed by atoms with Crippen molar-refractivity contribution in [2.45, 2.75) is 6.92 Å². The van der Waals surface area contributed by atoms with E-state index in [-0.39, 0.29) is 5.82 Å². The highest BCUT2D eigenvalue weighted by molar-refractivity contribution is 5.50. The lowest BCUT2D eigenvalue weighted by molar-refractivity contribution is 0.618. The molecule has 0 aliphatic heterocycles. The molecule has 0 unspecified atom stereocenters. The number of aryl methyl sites for hydroxylation is 1. The summed E-state index contributed by atoms with van der Waals surface area (Å²) >= 11 is 0. The first-order chi connectivity index (χ1) is 5.74. The smallest absolute Gasteiger partial charge is 0.126 e. The third-order valence-corrected chi connectivity index (χ3v) is 1.64. The molecule has 0 saturated heterocycles. The highest BCUT2D eigenvalue weighted by atomic mass is 19.1. The van der Waals surface area contributed by atoms with E-state index in [0.717, 1.165) is 5.56 Å². The van der Waals surface area contributed by atoms with E-state index in [9.17, 15) is 4.39 Å². The molecule has 2 heteroatoms. The van der Waals surface area contributed by atoms with E-state index in [4.69, 9.17) is 5.73 Å². The average molecular weight is 165 g/mol. The van der Waals surface area contributed by atoms with Crippen molar-refractivity contribution in [3.63, 3.8) is 0 Å². The molecule has 2 N–H and O–H groups in total. The zero-order chi connectivity index (χ0) is 8.97. The molecule has 1 aromatic carbocycles. The van der Waals surface area contributed by atoms with Crippen molar-refractivity contribution in [1.29, 1.82) is 0 Å². The van der Waals surface area contributed by atoms with Crippen LogP contribution in [0, 0.1) is 12.7 Å². The van der Waals surface area contributed by atoms with E-state index in [2.05, 4.69) is 0 Å². The number of halogens is 1. The predicted molar refractivity (Wildman–Crippen MR) is 49.2 cm³/mol. The topological polar surface area (TPSA) is 26.0 Å². The van der Waals surface area contributed by atoms with Gasteiger partial charge in [-0.1, -0.05) is 24.3 Å². The Hall–Kier alpha value is -1.15. The van der Waals surface area contributed by atoms with Gasteiger partial charge in [0.2, 0.25) is 0 Å². The Morgan fingerprint density at radius 1 is 1.50 bits per heavy atom. The molecule has 0 aliphatic carbocycles. The van der Waals surface area contributed by atoms with Crippen molar-refractivity contribution in [2.24, 2.45) is 5.73 Å². The molecule has 0 atom stereocenters. The standard InChI is InChI=1S/C10H12FN/c1-8-4-5-9(3-2-6-12)7-10(8)11/h2-5,7H,6,12H2,1H3/b3-2+. The number of nitrogens with two attached hydrogens (primary N) is 1. The molecule has 0 aromatic heterocycles. The molecule has 0 aliphatic rings. The Bertz CT molecular complexity index is 292. The maximum atomic E-state index is 12.9. The van der Waals surface area contributed by atoms with E-state index in [0.29, 0.717) is 12.1 Å². The minimum Gasteiger partial charge on any atom is -0.327 e. The van der Waals surface area contributed by atoms with Crippen molar-refractivity contribution in [2.75, 3.05) is 6.54 Å². The van der Waals surface area contributed by atoms with Crippen LogP contribution in [-0.2, 0) is 0 Å². The first-order valence-electron chi connectivity index (χ1n) is 3.87. The molecular formula is C10H12FN. The molecule has 0 amide bonds. The third-order valence-electron chi connectivity index (χ3n) is 1.64. The van der Waals surface area contributed by atoms with E-state index < -0.39 is 0 Å². The van der Waals surface area contributed by atoms with Crippen molar-refractivity contribution in [3.8, 4) is 0 Å². The third kappa shape index (κ3) is 2.17. The lowest BCUT2D eigenvalue weighted by Gasteiger charge is -1.96. The van der Waals surface area contributed by atoms with Crippen molar-refractivity contribution in [1.82, 2.24) is 0 Å². The van der Waals surface area contributed by atoms with Crippen LogP contribution in [0.5, 0.6) is 0 Å². The van der Waals surface area contributed by atoms with E-state index in [1.54, 1.807) is 19.1 Å². The van der Waals surface area contributed by atoms with Crippen LogP contribution in [0.3, 0.4) is 0 Å². The Labute approximate surface area is 71.7 Å². The molecule has 64 valence electrons. The Morgan fingerprint density at radius 2 is 2.25 bits per heavy atom. The Kier molecular flexibility index (Phi) is 3.00. The molecular weight excluding hydrogens is 153 g/mol. The Balaban J connectivity index is 2.89. The summed E-state index contributed by atoms with van der Waals surface area (Å²) in [6.07, 6.45) is 3.60. The van der Waals surface area contributed by atoms with Gasteiger partial charge < -0.3 is 5.73 Å². The monoisotopic (exact) mass is 165 g/mol. The molecule has 0 heterocycles. The zero-order valence-electron chi connectivity index (χ0n) is 7.05. The van der Waals surface area contributed by atoms with Gasteiger partial charge in [-0.2, -0.15) is 0 Å². The van der Waals surface area contributed by atoms with Crippen LogP contribution in [0.4, 0.5) is 4.39 Å². The maximum Gasteiger partial charge on any atom is 0.126 e. The molecule has 0 saturated carbocycles. The SMILES string of the molecule is Cc1ccc(/C=C/CN)cc1F. The van der Waals surface area contributed by atoms with Crippen LogP contribution in [-0.4, -0.2) is 6.54 Å². The van der Waals surface area contributed by atoms with E-state index in [1.807, 2.05) is 12.1 Å². The van der Waals surface area contributed by atoms with Gasteiger partial charge in [0.25, 0.3) is 0 Å². The fourth-order valence-electron chi connectivity index (χ4n) is 0.917. The van der Waals surface area contributed by atoms with Gasteiger partial charge in [0.15, 0.2) is 0 Å². The van der Waals surface area contributed by atoms with Gasteiger partial charge >= 0.3 is 0 Å². The first kappa shape index (κ1) is 8.94. The summed E-state index contributed by atoms with van der Waals surface area (Å²) in [4.78, 5) is 0. The van der Waals surface area contributed by atoms with Gasteiger partial charge in [-0.15, -0.1) is 0 Å². The second kappa shape index (κ2) is 4.02. The molecule has 1 rings (SSSR count). The quantitative estimate of drug-likeness (QED) is 0.713. The molecule has 1 nitrogen and oxygen atoms in total. The molecule has 12 heavy (non-hydrogen) atoms. The van der Waals surface area contributed by atoms with Crippen LogP contribution in [0.25, 0.3) is 6.08 Å². The summed E-state index contributed by atoms with van der Waals surface area (Å²) in [7, 11) is 0. The first-order valence-corrected chi connectivity index (χ1v) is 3.87. The lowest BCUT2D eigenvalue weighted by atomic mass is 10.1. The summed E-state index contributed by atoms with van der Waals surface area (Å²) in [5.41, 5.74) is 6.78. The minimum atomic E-state index is -0.172. The predicted octanol–water partition coefficient (Wildman–Crippen LogP) is 2.11. The maximum absolute atomic E-state index is 12.9.